The van der Waals surface area contributed by atoms with Crippen molar-refractivity contribution in [2.75, 3.05) is 32.0 Å². The number of piperidine rings is 1. The fourth-order valence-corrected chi connectivity index (χ4v) is 3.57. The Bertz CT molecular complexity index is 456. The number of aliphatic hydroxyl groups excluding tert-OH is 1. The fraction of sp³-hybridized carbons (Fsp3) is 0.625. The lowest BCUT2D eigenvalue weighted by Gasteiger charge is -2.36. The Kier molecular flexibility index (Phi) is 4.24. The summed E-state index contributed by atoms with van der Waals surface area (Å²) in [6.07, 6.45) is 4.82. The minimum Gasteiger partial charge on any atom is -0.399 e. The summed E-state index contributed by atoms with van der Waals surface area (Å²) in [6, 6.07) is 6.92. The lowest BCUT2D eigenvalue weighted by Crippen LogP contribution is -2.39. The van der Waals surface area contributed by atoms with E-state index in [1.165, 1.54) is 17.5 Å². The zero-order valence-electron chi connectivity index (χ0n) is 11.9. The molecule has 3 N–H and O–H groups in total. The van der Waals surface area contributed by atoms with Gasteiger partial charge in [0.15, 0.2) is 0 Å². The average Bonchev–Trinajstić information content (AvgIpc) is 2.88. The molecule has 0 saturated carbocycles. The van der Waals surface area contributed by atoms with E-state index in [1.807, 2.05) is 6.07 Å². The van der Waals surface area contributed by atoms with E-state index < -0.39 is 0 Å². The van der Waals surface area contributed by atoms with E-state index in [0.29, 0.717) is 18.8 Å². The molecule has 0 bridgehead atoms. The lowest BCUT2D eigenvalue weighted by molar-refractivity contribution is -0.0154. The zero-order chi connectivity index (χ0) is 13.9. The van der Waals surface area contributed by atoms with Gasteiger partial charge in [-0.25, -0.2) is 0 Å². The highest BCUT2D eigenvalue weighted by Crippen LogP contribution is 2.38. The van der Waals surface area contributed by atoms with Gasteiger partial charge in [0.1, 0.15) is 0 Å². The fourth-order valence-electron chi connectivity index (χ4n) is 3.57. The van der Waals surface area contributed by atoms with E-state index in [0.717, 1.165) is 38.0 Å². The van der Waals surface area contributed by atoms with Crippen LogP contribution < -0.4 is 5.73 Å². The molecule has 1 fully saturated rings. The maximum Gasteiger partial charge on any atom is 0.0701 e. The second kappa shape index (κ2) is 6.12. The summed E-state index contributed by atoms with van der Waals surface area (Å²) < 4.78 is 5.64. The van der Waals surface area contributed by atoms with Crippen molar-refractivity contribution in [3.05, 3.63) is 29.3 Å². The molecule has 110 valence electrons. The number of aliphatic hydroxyl groups is 1. The Morgan fingerprint density at radius 2 is 2.05 bits per heavy atom. The highest BCUT2D eigenvalue weighted by atomic mass is 16.5. The molecule has 0 amide bonds. The SMILES string of the molecule is Nc1ccc2c(c1)CCC2N1CCC(OCCO)CC1. The number of hydrogen-bond donors (Lipinski definition) is 2. The van der Waals surface area contributed by atoms with Gasteiger partial charge in [-0.2, -0.15) is 0 Å². The number of fused-ring (bicyclic) bond motifs is 1. The van der Waals surface area contributed by atoms with E-state index in [-0.39, 0.29) is 6.61 Å². The van der Waals surface area contributed by atoms with Gasteiger partial charge in [0.05, 0.1) is 19.3 Å². The third-order valence-electron chi connectivity index (χ3n) is 4.58. The summed E-state index contributed by atoms with van der Waals surface area (Å²) in [5, 5.41) is 8.81. The van der Waals surface area contributed by atoms with Crippen LogP contribution >= 0.6 is 0 Å². The average molecular weight is 276 g/mol. The molecule has 2 aliphatic rings. The third-order valence-corrected chi connectivity index (χ3v) is 4.58. The molecule has 1 heterocycles. The molecule has 4 heteroatoms. The third kappa shape index (κ3) is 2.82. The number of anilines is 1. The smallest absolute Gasteiger partial charge is 0.0701 e. The van der Waals surface area contributed by atoms with Crippen molar-refractivity contribution in [2.45, 2.75) is 37.8 Å². The molecule has 1 saturated heterocycles. The van der Waals surface area contributed by atoms with Crippen LogP contribution in [-0.2, 0) is 11.2 Å². The van der Waals surface area contributed by atoms with E-state index >= 15 is 0 Å². The first-order valence-corrected chi connectivity index (χ1v) is 7.62. The van der Waals surface area contributed by atoms with Crippen LogP contribution in [0, 0.1) is 0 Å². The van der Waals surface area contributed by atoms with Crippen LogP contribution in [0.2, 0.25) is 0 Å². The topological polar surface area (TPSA) is 58.7 Å². The molecule has 0 spiro atoms. The van der Waals surface area contributed by atoms with E-state index in [4.69, 9.17) is 15.6 Å². The summed E-state index contributed by atoms with van der Waals surface area (Å²) in [6.45, 7) is 2.77. The van der Waals surface area contributed by atoms with Crippen LogP contribution in [-0.4, -0.2) is 42.4 Å². The Hall–Kier alpha value is -1.10. The highest BCUT2D eigenvalue weighted by Gasteiger charge is 2.30. The summed E-state index contributed by atoms with van der Waals surface area (Å²) in [4.78, 5) is 2.58. The van der Waals surface area contributed by atoms with Crippen molar-refractivity contribution in [2.24, 2.45) is 0 Å². The molecular weight excluding hydrogens is 252 g/mol. The quantitative estimate of drug-likeness (QED) is 0.822. The molecule has 0 radical (unpaired) electrons. The molecule has 1 aliphatic carbocycles. The van der Waals surface area contributed by atoms with Crippen LogP contribution in [0.25, 0.3) is 0 Å². The van der Waals surface area contributed by atoms with Crippen LogP contribution in [0.3, 0.4) is 0 Å². The second-order valence-electron chi connectivity index (χ2n) is 5.84. The Morgan fingerprint density at radius 3 is 2.80 bits per heavy atom. The Labute approximate surface area is 120 Å². The molecule has 20 heavy (non-hydrogen) atoms. The first-order chi connectivity index (χ1) is 9.78. The summed E-state index contributed by atoms with van der Waals surface area (Å²) >= 11 is 0. The molecule has 1 unspecified atom stereocenters. The minimum atomic E-state index is 0.123. The predicted molar refractivity (Wildman–Crippen MR) is 79.5 cm³/mol. The van der Waals surface area contributed by atoms with Gasteiger partial charge < -0.3 is 15.6 Å². The number of likely N-dealkylation sites (tertiary alicyclic amines) is 1. The van der Waals surface area contributed by atoms with Crippen molar-refractivity contribution in [1.29, 1.82) is 0 Å². The van der Waals surface area contributed by atoms with Crippen LogP contribution in [0.15, 0.2) is 18.2 Å². The van der Waals surface area contributed by atoms with Crippen LogP contribution in [0.4, 0.5) is 5.69 Å². The monoisotopic (exact) mass is 276 g/mol. The van der Waals surface area contributed by atoms with Crippen molar-refractivity contribution < 1.29 is 9.84 Å². The van der Waals surface area contributed by atoms with Gasteiger partial charge in [-0.3, -0.25) is 4.90 Å². The summed E-state index contributed by atoms with van der Waals surface area (Å²) in [7, 11) is 0. The number of benzene rings is 1. The van der Waals surface area contributed by atoms with Gasteiger partial charge in [-0.15, -0.1) is 0 Å². The number of hydrogen-bond acceptors (Lipinski definition) is 4. The van der Waals surface area contributed by atoms with E-state index in [1.54, 1.807) is 0 Å². The standard InChI is InChI=1S/C16H24N2O2/c17-13-2-3-15-12(11-13)1-4-16(15)18-7-5-14(6-8-18)20-10-9-19/h2-3,11,14,16,19H,1,4-10,17H2. The predicted octanol–water partition coefficient (Wildman–Crippen LogP) is 1.73. The molecule has 1 aromatic rings. The van der Waals surface area contributed by atoms with E-state index in [9.17, 15) is 0 Å². The summed E-state index contributed by atoms with van der Waals surface area (Å²) in [5.41, 5.74) is 9.64. The van der Waals surface area contributed by atoms with Gasteiger partial charge in [-0.05, 0) is 48.9 Å². The molecular formula is C16H24N2O2. The van der Waals surface area contributed by atoms with Gasteiger partial charge in [0.25, 0.3) is 0 Å². The molecule has 1 aromatic carbocycles. The van der Waals surface area contributed by atoms with E-state index in [2.05, 4.69) is 17.0 Å². The molecule has 1 atom stereocenters. The number of ether oxygens (including phenoxy) is 1. The maximum atomic E-state index is 8.81. The van der Waals surface area contributed by atoms with Gasteiger partial charge in [0, 0.05) is 24.8 Å². The number of nitrogen functional groups attached to an aromatic ring is 1. The van der Waals surface area contributed by atoms with Crippen molar-refractivity contribution in [3.8, 4) is 0 Å². The number of nitrogens with zero attached hydrogens (tertiary/aromatic N) is 1. The summed E-state index contributed by atoms with van der Waals surface area (Å²) in [5.74, 6) is 0. The molecule has 3 rings (SSSR count). The second-order valence-corrected chi connectivity index (χ2v) is 5.84. The normalized spacial score (nSPS) is 23.9. The van der Waals surface area contributed by atoms with Crippen molar-refractivity contribution >= 4 is 5.69 Å². The molecule has 4 nitrogen and oxygen atoms in total. The molecule has 1 aliphatic heterocycles. The van der Waals surface area contributed by atoms with Crippen LogP contribution in [0.1, 0.15) is 36.4 Å². The van der Waals surface area contributed by atoms with Gasteiger partial charge >= 0.3 is 0 Å². The number of nitrogens with two attached hydrogens (primary N) is 1. The first-order valence-electron chi connectivity index (χ1n) is 7.62. The number of rotatable bonds is 4. The largest absolute Gasteiger partial charge is 0.399 e. The lowest BCUT2D eigenvalue weighted by atomic mass is 10.0. The van der Waals surface area contributed by atoms with Gasteiger partial charge in [0.2, 0.25) is 0 Å². The highest BCUT2D eigenvalue weighted by molar-refractivity contribution is 5.47. The van der Waals surface area contributed by atoms with Crippen LogP contribution in [0.5, 0.6) is 0 Å². The Morgan fingerprint density at radius 1 is 1.25 bits per heavy atom. The molecule has 0 aromatic heterocycles. The van der Waals surface area contributed by atoms with Crippen molar-refractivity contribution in [1.82, 2.24) is 4.90 Å². The Balaban J connectivity index is 1.60. The zero-order valence-corrected chi connectivity index (χ0v) is 11.9. The maximum absolute atomic E-state index is 8.81. The van der Waals surface area contributed by atoms with Gasteiger partial charge in [-0.1, -0.05) is 6.07 Å². The number of aryl methyl sites for hydroxylation is 1. The first kappa shape index (κ1) is 13.9. The minimum absolute atomic E-state index is 0.123. The van der Waals surface area contributed by atoms with Crippen molar-refractivity contribution in [3.63, 3.8) is 0 Å².